The van der Waals surface area contributed by atoms with Crippen LogP contribution in [0, 0.1) is 12.3 Å². The molecule has 2 amide bonds. The van der Waals surface area contributed by atoms with Crippen LogP contribution in [0.3, 0.4) is 0 Å². The summed E-state index contributed by atoms with van der Waals surface area (Å²) in [6, 6.07) is -0.103. The third-order valence-corrected chi connectivity index (χ3v) is 1.32. The number of urea groups is 1. The van der Waals surface area contributed by atoms with Crippen molar-refractivity contribution in [1.29, 1.82) is 0 Å². The minimum Gasteiger partial charge on any atom is -0.338 e. The fourth-order valence-corrected chi connectivity index (χ4v) is 0.693. The zero-order chi connectivity index (χ0) is 9.23. The minimum absolute atomic E-state index is 0.103. The molecule has 0 bridgehead atoms. The van der Waals surface area contributed by atoms with E-state index < -0.39 is 0 Å². The number of rotatable bonds is 5. The number of terminal acetylenes is 1. The Morgan fingerprint density at radius 2 is 2.08 bits per heavy atom. The first-order valence-corrected chi connectivity index (χ1v) is 4.26. The summed E-state index contributed by atoms with van der Waals surface area (Å²) in [5.41, 5.74) is 0. The van der Waals surface area contributed by atoms with Crippen LogP contribution in [0.4, 0.5) is 4.79 Å². The molecule has 0 atom stereocenters. The maximum Gasteiger partial charge on any atom is 0.314 e. The summed E-state index contributed by atoms with van der Waals surface area (Å²) in [5.74, 6) is 2.51. The van der Waals surface area contributed by atoms with E-state index >= 15 is 0 Å². The Labute approximate surface area is 73.9 Å². The summed E-state index contributed by atoms with van der Waals surface area (Å²) in [6.45, 7) is 3.39. The highest BCUT2D eigenvalue weighted by molar-refractivity contribution is 5.73. The Morgan fingerprint density at radius 3 is 2.67 bits per heavy atom. The van der Waals surface area contributed by atoms with Crippen LogP contribution in [-0.4, -0.2) is 19.1 Å². The molecule has 0 aliphatic rings. The molecule has 0 spiro atoms. The summed E-state index contributed by atoms with van der Waals surface area (Å²) in [4.78, 5) is 10.9. The van der Waals surface area contributed by atoms with Crippen molar-refractivity contribution in [3.8, 4) is 12.3 Å². The zero-order valence-electron chi connectivity index (χ0n) is 7.52. The number of hydrogen-bond donors (Lipinski definition) is 2. The van der Waals surface area contributed by atoms with Crippen LogP contribution in [0.1, 0.15) is 26.2 Å². The Morgan fingerprint density at radius 1 is 1.42 bits per heavy atom. The molecule has 0 saturated carbocycles. The second kappa shape index (κ2) is 7.93. The molecule has 0 fully saturated rings. The molecule has 0 saturated heterocycles. The SMILES string of the molecule is C#CCCCNC(=O)NCCC. The van der Waals surface area contributed by atoms with Gasteiger partial charge in [0.1, 0.15) is 0 Å². The van der Waals surface area contributed by atoms with Crippen LogP contribution < -0.4 is 10.6 Å². The Balaban J connectivity index is 3.15. The van der Waals surface area contributed by atoms with E-state index in [1.54, 1.807) is 0 Å². The number of carbonyl (C=O) groups is 1. The summed E-state index contributed by atoms with van der Waals surface area (Å²) in [5, 5.41) is 5.41. The summed E-state index contributed by atoms with van der Waals surface area (Å²) in [6.07, 6.45) is 7.56. The van der Waals surface area contributed by atoms with Gasteiger partial charge in [0, 0.05) is 19.5 Å². The molecule has 0 heterocycles. The second-order valence-electron chi connectivity index (χ2n) is 2.49. The predicted molar refractivity (Wildman–Crippen MR) is 49.8 cm³/mol. The normalized spacial score (nSPS) is 8.67. The van der Waals surface area contributed by atoms with E-state index in [9.17, 15) is 4.79 Å². The van der Waals surface area contributed by atoms with Gasteiger partial charge in [-0.1, -0.05) is 6.92 Å². The first-order valence-electron chi connectivity index (χ1n) is 4.26. The van der Waals surface area contributed by atoms with E-state index in [1.165, 1.54) is 0 Å². The summed E-state index contributed by atoms with van der Waals surface area (Å²) in [7, 11) is 0. The number of nitrogens with one attached hydrogen (secondary N) is 2. The van der Waals surface area contributed by atoms with Gasteiger partial charge in [0.25, 0.3) is 0 Å². The molecule has 0 aromatic carbocycles. The maximum absolute atomic E-state index is 10.9. The number of unbranched alkanes of at least 4 members (excludes halogenated alkanes) is 1. The van der Waals surface area contributed by atoms with Gasteiger partial charge in [-0.15, -0.1) is 12.3 Å². The predicted octanol–water partition coefficient (Wildman–Crippen LogP) is 1.11. The van der Waals surface area contributed by atoms with E-state index in [-0.39, 0.29) is 6.03 Å². The molecule has 2 N–H and O–H groups in total. The van der Waals surface area contributed by atoms with Gasteiger partial charge in [-0.2, -0.15) is 0 Å². The van der Waals surface area contributed by atoms with Gasteiger partial charge >= 0.3 is 6.03 Å². The van der Waals surface area contributed by atoms with Crippen LogP contribution in [-0.2, 0) is 0 Å². The van der Waals surface area contributed by atoms with Gasteiger partial charge in [-0.3, -0.25) is 0 Å². The lowest BCUT2D eigenvalue weighted by molar-refractivity contribution is 0.241. The lowest BCUT2D eigenvalue weighted by atomic mass is 10.3. The quantitative estimate of drug-likeness (QED) is 0.468. The molecule has 0 aromatic rings. The van der Waals surface area contributed by atoms with E-state index in [2.05, 4.69) is 16.6 Å². The minimum atomic E-state index is -0.103. The lowest BCUT2D eigenvalue weighted by Gasteiger charge is -2.04. The van der Waals surface area contributed by atoms with Crippen LogP contribution in [0.25, 0.3) is 0 Å². The average Bonchev–Trinajstić information content (AvgIpc) is 2.09. The number of carbonyl (C=O) groups excluding carboxylic acids is 1. The molecule has 0 aliphatic carbocycles. The Hall–Kier alpha value is -1.17. The Kier molecular flexibility index (Phi) is 7.16. The second-order valence-corrected chi connectivity index (χ2v) is 2.49. The molecule has 3 heteroatoms. The number of hydrogen-bond acceptors (Lipinski definition) is 1. The van der Waals surface area contributed by atoms with Gasteiger partial charge < -0.3 is 10.6 Å². The topological polar surface area (TPSA) is 41.1 Å². The van der Waals surface area contributed by atoms with E-state index in [4.69, 9.17) is 6.42 Å². The van der Waals surface area contributed by atoms with Gasteiger partial charge in [-0.25, -0.2) is 4.79 Å². The van der Waals surface area contributed by atoms with Crippen LogP contribution in [0.5, 0.6) is 0 Å². The number of amides is 2. The van der Waals surface area contributed by atoms with Gasteiger partial charge in [0.05, 0.1) is 0 Å². The molecule has 0 aliphatic heterocycles. The average molecular weight is 168 g/mol. The third kappa shape index (κ3) is 6.94. The molecule has 12 heavy (non-hydrogen) atoms. The highest BCUT2D eigenvalue weighted by atomic mass is 16.2. The molecule has 0 unspecified atom stereocenters. The molecule has 3 nitrogen and oxygen atoms in total. The van der Waals surface area contributed by atoms with Gasteiger partial charge in [0.2, 0.25) is 0 Å². The van der Waals surface area contributed by atoms with Crippen molar-refractivity contribution in [1.82, 2.24) is 10.6 Å². The van der Waals surface area contributed by atoms with Crippen molar-refractivity contribution >= 4 is 6.03 Å². The largest absolute Gasteiger partial charge is 0.338 e. The molecular formula is C9H16N2O. The van der Waals surface area contributed by atoms with Gasteiger partial charge in [-0.05, 0) is 12.8 Å². The standard InChI is InChI=1S/C9H16N2O/c1-3-5-6-8-11-9(12)10-7-4-2/h1H,4-8H2,2H3,(H2,10,11,12). The fourth-order valence-electron chi connectivity index (χ4n) is 0.693. The van der Waals surface area contributed by atoms with Gasteiger partial charge in [0.15, 0.2) is 0 Å². The molecule has 68 valence electrons. The fraction of sp³-hybridized carbons (Fsp3) is 0.667. The van der Waals surface area contributed by atoms with E-state index in [0.29, 0.717) is 13.0 Å². The van der Waals surface area contributed by atoms with Crippen LogP contribution in [0.2, 0.25) is 0 Å². The Bertz CT molecular complexity index is 160. The van der Waals surface area contributed by atoms with E-state index in [1.807, 2.05) is 6.92 Å². The highest BCUT2D eigenvalue weighted by Gasteiger charge is 1.95. The lowest BCUT2D eigenvalue weighted by Crippen LogP contribution is -2.36. The molecule has 0 aromatic heterocycles. The zero-order valence-corrected chi connectivity index (χ0v) is 7.52. The highest BCUT2D eigenvalue weighted by Crippen LogP contribution is 1.82. The van der Waals surface area contributed by atoms with Crippen molar-refractivity contribution in [2.75, 3.05) is 13.1 Å². The van der Waals surface area contributed by atoms with E-state index in [0.717, 1.165) is 19.4 Å². The first kappa shape index (κ1) is 10.8. The smallest absolute Gasteiger partial charge is 0.314 e. The van der Waals surface area contributed by atoms with Crippen molar-refractivity contribution in [3.05, 3.63) is 0 Å². The first-order chi connectivity index (χ1) is 5.81. The van der Waals surface area contributed by atoms with Crippen molar-refractivity contribution in [3.63, 3.8) is 0 Å². The summed E-state index contributed by atoms with van der Waals surface area (Å²) >= 11 is 0. The monoisotopic (exact) mass is 168 g/mol. The molecule has 0 radical (unpaired) electrons. The third-order valence-electron chi connectivity index (χ3n) is 1.32. The van der Waals surface area contributed by atoms with Crippen LogP contribution in [0.15, 0.2) is 0 Å². The van der Waals surface area contributed by atoms with Crippen molar-refractivity contribution < 1.29 is 4.79 Å². The van der Waals surface area contributed by atoms with Crippen LogP contribution >= 0.6 is 0 Å². The molecule has 0 rings (SSSR count). The summed E-state index contributed by atoms with van der Waals surface area (Å²) < 4.78 is 0. The van der Waals surface area contributed by atoms with Crippen molar-refractivity contribution in [2.45, 2.75) is 26.2 Å². The van der Waals surface area contributed by atoms with Crippen molar-refractivity contribution in [2.24, 2.45) is 0 Å². The molecular weight excluding hydrogens is 152 g/mol. The maximum atomic E-state index is 10.9.